The first-order chi connectivity index (χ1) is 8.70. The molecule has 0 aromatic carbocycles. The van der Waals surface area contributed by atoms with Crippen LogP contribution in [0.3, 0.4) is 0 Å². The Morgan fingerprint density at radius 3 is 2.61 bits per heavy atom. The molecule has 104 valence electrons. The van der Waals surface area contributed by atoms with Gasteiger partial charge >= 0.3 is 0 Å². The van der Waals surface area contributed by atoms with E-state index in [1.54, 1.807) is 7.11 Å². The van der Waals surface area contributed by atoms with Crippen LogP contribution in [0.2, 0.25) is 0 Å². The lowest BCUT2D eigenvalue weighted by molar-refractivity contribution is -0.126. The smallest absolute Gasteiger partial charge is 0.149 e. The predicted octanol–water partition coefficient (Wildman–Crippen LogP) is 2.49. The van der Waals surface area contributed by atoms with E-state index in [1.165, 1.54) is 19.3 Å². The number of methoxy groups -OCH3 is 1. The SMILES string of the molecule is COC1CN(CC(=O)C2CCCCC2)CCC1C. The molecule has 3 nitrogen and oxygen atoms in total. The van der Waals surface area contributed by atoms with Gasteiger partial charge in [-0.15, -0.1) is 0 Å². The number of Topliss-reactive ketones (excluding diaryl/α,β-unsaturated/α-hetero) is 1. The fraction of sp³-hybridized carbons (Fsp3) is 0.933. The highest BCUT2D eigenvalue weighted by atomic mass is 16.5. The summed E-state index contributed by atoms with van der Waals surface area (Å²) in [5, 5.41) is 0. The highest BCUT2D eigenvalue weighted by Gasteiger charge is 2.29. The molecule has 2 aliphatic rings. The van der Waals surface area contributed by atoms with Crippen LogP contribution in [0.5, 0.6) is 0 Å². The fourth-order valence-electron chi connectivity index (χ4n) is 3.32. The van der Waals surface area contributed by atoms with Crippen LogP contribution in [-0.2, 0) is 9.53 Å². The van der Waals surface area contributed by atoms with Crippen molar-refractivity contribution in [2.24, 2.45) is 11.8 Å². The zero-order valence-corrected chi connectivity index (χ0v) is 11.9. The van der Waals surface area contributed by atoms with Crippen LogP contribution in [0.4, 0.5) is 0 Å². The van der Waals surface area contributed by atoms with Crippen LogP contribution in [0.15, 0.2) is 0 Å². The van der Waals surface area contributed by atoms with Crippen LogP contribution in [0, 0.1) is 11.8 Å². The number of rotatable bonds is 4. The lowest BCUT2D eigenvalue weighted by atomic mass is 9.85. The Morgan fingerprint density at radius 1 is 1.22 bits per heavy atom. The Morgan fingerprint density at radius 2 is 1.94 bits per heavy atom. The van der Waals surface area contributed by atoms with Gasteiger partial charge in [0.05, 0.1) is 12.6 Å². The highest BCUT2D eigenvalue weighted by molar-refractivity contribution is 5.83. The van der Waals surface area contributed by atoms with Crippen LogP contribution in [0.1, 0.15) is 45.4 Å². The molecule has 2 rings (SSSR count). The van der Waals surface area contributed by atoms with E-state index in [4.69, 9.17) is 4.74 Å². The van der Waals surface area contributed by atoms with Gasteiger partial charge in [-0.25, -0.2) is 0 Å². The molecule has 1 heterocycles. The number of ether oxygens (including phenoxy) is 1. The minimum Gasteiger partial charge on any atom is -0.380 e. The lowest BCUT2D eigenvalue weighted by Gasteiger charge is -2.36. The molecule has 2 unspecified atom stereocenters. The molecular weight excluding hydrogens is 226 g/mol. The second-order valence-corrected chi connectivity index (χ2v) is 6.08. The van der Waals surface area contributed by atoms with Crippen molar-refractivity contribution >= 4 is 5.78 Å². The monoisotopic (exact) mass is 253 g/mol. The zero-order chi connectivity index (χ0) is 13.0. The third kappa shape index (κ3) is 3.55. The molecule has 0 N–H and O–H groups in total. The molecular formula is C15H27NO2. The maximum atomic E-state index is 12.3. The molecule has 0 spiro atoms. The van der Waals surface area contributed by atoms with Crippen molar-refractivity contribution in [3.63, 3.8) is 0 Å². The van der Waals surface area contributed by atoms with Crippen LogP contribution < -0.4 is 0 Å². The standard InChI is InChI=1S/C15H27NO2/c1-12-8-9-16(11-15(12)18-2)10-14(17)13-6-4-3-5-7-13/h12-13,15H,3-11H2,1-2H3. The van der Waals surface area contributed by atoms with Gasteiger partial charge in [0.1, 0.15) is 5.78 Å². The van der Waals surface area contributed by atoms with E-state index in [0.29, 0.717) is 30.3 Å². The number of carbonyl (C=O) groups is 1. The van der Waals surface area contributed by atoms with Crippen molar-refractivity contribution < 1.29 is 9.53 Å². The zero-order valence-electron chi connectivity index (χ0n) is 11.9. The summed E-state index contributed by atoms with van der Waals surface area (Å²) in [5.74, 6) is 1.44. The van der Waals surface area contributed by atoms with Gasteiger partial charge in [-0.2, -0.15) is 0 Å². The van der Waals surface area contributed by atoms with Gasteiger partial charge in [-0.05, 0) is 31.7 Å². The van der Waals surface area contributed by atoms with Crippen molar-refractivity contribution in [1.29, 1.82) is 0 Å². The van der Waals surface area contributed by atoms with Crippen molar-refractivity contribution in [3.8, 4) is 0 Å². The number of ketones is 1. The molecule has 0 bridgehead atoms. The maximum Gasteiger partial charge on any atom is 0.149 e. The number of nitrogens with zero attached hydrogens (tertiary/aromatic N) is 1. The molecule has 2 fully saturated rings. The summed E-state index contributed by atoms with van der Waals surface area (Å²) < 4.78 is 5.51. The lowest BCUT2D eigenvalue weighted by Crippen LogP contribution is -2.46. The Balaban J connectivity index is 1.80. The van der Waals surface area contributed by atoms with Crippen LogP contribution in [-0.4, -0.2) is 43.5 Å². The first-order valence-electron chi connectivity index (χ1n) is 7.48. The van der Waals surface area contributed by atoms with Crippen LogP contribution >= 0.6 is 0 Å². The van der Waals surface area contributed by atoms with Gasteiger partial charge in [0, 0.05) is 19.6 Å². The average molecular weight is 253 g/mol. The van der Waals surface area contributed by atoms with Crippen molar-refractivity contribution in [1.82, 2.24) is 4.90 Å². The van der Waals surface area contributed by atoms with E-state index in [1.807, 2.05) is 0 Å². The number of piperidine rings is 1. The van der Waals surface area contributed by atoms with Gasteiger partial charge in [0.2, 0.25) is 0 Å². The van der Waals surface area contributed by atoms with E-state index >= 15 is 0 Å². The molecule has 0 amide bonds. The highest BCUT2D eigenvalue weighted by Crippen LogP contribution is 2.25. The number of hydrogen-bond donors (Lipinski definition) is 0. The summed E-state index contributed by atoms with van der Waals surface area (Å²) in [5.41, 5.74) is 0. The molecule has 0 radical (unpaired) electrons. The molecule has 0 aromatic rings. The molecule has 3 heteroatoms. The van der Waals surface area contributed by atoms with E-state index in [2.05, 4.69) is 11.8 Å². The Hall–Kier alpha value is -0.410. The molecule has 1 aliphatic carbocycles. The Labute approximate surface area is 111 Å². The summed E-state index contributed by atoms with van der Waals surface area (Å²) >= 11 is 0. The van der Waals surface area contributed by atoms with E-state index in [0.717, 1.165) is 32.4 Å². The average Bonchev–Trinajstić information content (AvgIpc) is 2.42. The Bertz CT molecular complexity index is 274. The van der Waals surface area contributed by atoms with Crippen molar-refractivity contribution in [3.05, 3.63) is 0 Å². The molecule has 18 heavy (non-hydrogen) atoms. The molecule has 1 aliphatic heterocycles. The Kier molecular flexibility index (Phi) is 5.19. The third-order valence-corrected chi connectivity index (χ3v) is 4.72. The van der Waals surface area contributed by atoms with Gasteiger partial charge in [-0.3, -0.25) is 9.69 Å². The first-order valence-corrected chi connectivity index (χ1v) is 7.48. The molecule has 2 atom stereocenters. The van der Waals surface area contributed by atoms with Gasteiger partial charge in [0.15, 0.2) is 0 Å². The third-order valence-electron chi connectivity index (χ3n) is 4.72. The van der Waals surface area contributed by atoms with E-state index in [-0.39, 0.29) is 0 Å². The quantitative estimate of drug-likeness (QED) is 0.771. The van der Waals surface area contributed by atoms with Gasteiger partial charge in [0.25, 0.3) is 0 Å². The molecule has 1 saturated heterocycles. The normalized spacial score (nSPS) is 31.4. The van der Waals surface area contributed by atoms with Gasteiger partial charge < -0.3 is 4.74 Å². The second kappa shape index (κ2) is 6.67. The number of hydrogen-bond acceptors (Lipinski definition) is 3. The maximum absolute atomic E-state index is 12.3. The minimum atomic E-state index is 0.304. The first kappa shape index (κ1) is 14.0. The molecule has 0 aromatic heterocycles. The number of carbonyl (C=O) groups excluding carboxylic acids is 1. The summed E-state index contributed by atoms with van der Waals surface area (Å²) in [6, 6.07) is 0. The summed E-state index contributed by atoms with van der Waals surface area (Å²) in [6.45, 7) is 4.88. The van der Waals surface area contributed by atoms with Gasteiger partial charge in [-0.1, -0.05) is 26.2 Å². The fourth-order valence-corrected chi connectivity index (χ4v) is 3.32. The topological polar surface area (TPSA) is 29.5 Å². The number of likely N-dealkylation sites (tertiary alicyclic amines) is 1. The van der Waals surface area contributed by atoms with E-state index < -0.39 is 0 Å². The predicted molar refractivity (Wildman–Crippen MR) is 72.6 cm³/mol. The minimum absolute atomic E-state index is 0.304. The van der Waals surface area contributed by atoms with Crippen molar-refractivity contribution in [2.75, 3.05) is 26.7 Å². The largest absolute Gasteiger partial charge is 0.380 e. The van der Waals surface area contributed by atoms with Crippen molar-refractivity contribution in [2.45, 2.75) is 51.6 Å². The summed E-state index contributed by atoms with van der Waals surface area (Å²) in [6.07, 6.45) is 7.50. The summed E-state index contributed by atoms with van der Waals surface area (Å²) in [4.78, 5) is 14.6. The summed E-state index contributed by atoms with van der Waals surface area (Å²) in [7, 11) is 1.79. The second-order valence-electron chi connectivity index (χ2n) is 6.08. The van der Waals surface area contributed by atoms with Crippen LogP contribution in [0.25, 0.3) is 0 Å². The van der Waals surface area contributed by atoms with E-state index in [9.17, 15) is 4.79 Å². The molecule has 1 saturated carbocycles.